The fourth-order valence-corrected chi connectivity index (χ4v) is 3.00. The summed E-state index contributed by atoms with van der Waals surface area (Å²) in [6.45, 7) is 5.21. The highest BCUT2D eigenvalue weighted by Crippen LogP contribution is 2.23. The fourth-order valence-electron chi connectivity index (χ4n) is 3.00. The van der Waals surface area contributed by atoms with Gasteiger partial charge in [0.15, 0.2) is 5.78 Å². The second-order valence-electron chi connectivity index (χ2n) is 7.26. The van der Waals surface area contributed by atoms with Crippen molar-refractivity contribution in [1.29, 1.82) is 0 Å². The third-order valence-electron chi connectivity index (χ3n) is 5.35. The minimum atomic E-state index is -0.953. The number of likely N-dealkylation sites (N-methyl/N-ethyl adjacent to an activating group) is 1. The van der Waals surface area contributed by atoms with Crippen LogP contribution < -0.4 is 10.6 Å². The molecule has 2 atom stereocenters. The second-order valence-corrected chi connectivity index (χ2v) is 7.26. The summed E-state index contributed by atoms with van der Waals surface area (Å²) >= 11 is 0. The molecule has 26 heavy (non-hydrogen) atoms. The number of rotatable bonds is 10. The molecule has 2 aromatic rings. The quantitative estimate of drug-likeness (QED) is 0.517. The van der Waals surface area contributed by atoms with E-state index in [1.165, 1.54) is 0 Å². The summed E-state index contributed by atoms with van der Waals surface area (Å²) in [4.78, 5) is 27.9. The zero-order valence-electron chi connectivity index (χ0n) is 16.0. The molecule has 0 aliphatic carbocycles. The first-order valence-corrected chi connectivity index (χ1v) is 8.90. The molecule has 4 N–H and O–H groups in total. The van der Waals surface area contributed by atoms with E-state index in [-0.39, 0.29) is 24.6 Å². The number of aliphatic hydroxyl groups excluding tert-OH is 1. The molecule has 1 aromatic carbocycles. The van der Waals surface area contributed by atoms with Crippen LogP contribution in [0.25, 0.3) is 10.9 Å². The monoisotopic (exact) mass is 359 g/mol. The van der Waals surface area contributed by atoms with Crippen LogP contribution in [0.2, 0.25) is 0 Å². The van der Waals surface area contributed by atoms with Crippen LogP contribution in [0.4, 0.5) is 0 Å². The molecule has 1 heterocycles. The Kier molecular flexibility index (Phi) is 6.34. The predicted molar refractivity (Wildman–Crippen MR) is 103 cm³/mol. The zero-order valence-corrected chi connectivity index (χ0v) is 16.0. The number of ketones is 2. The van der Waals surface area contributed by atoms with Crippen molar-refractivity contribution in [3.63, 3.8) is 0 Å². The van der Waals surface area contributed by atoms with Crippen LogP contribution in [-0.4, -0.2) is 52.9 Å². The van der Waals surface area contributed by atoms with Gasteiger partial charge in [0, 0.05) is 30.1 Å². The van der Waals surface area contributed by atoms with E-state index in [1.807, 2.05) is 37.4 Å². The smallest absolute Gasteiger partial charge is 0.156 e. The molecule has 0 bridgehead atoms. The summed E-state index contributed by atoms with van der Waals surface area (Å²) in [5.74, 6) is -0.0678. The van der Waals surface area contributed by atoms with Crippen molar-refractivity contribution in [3.05, 3.63) is 36.0 Å². The Morgan fingerprint density at radius 2 is 1.88 bits per heavy atom. The van der Waals surface area contributed by atoms with E-state index < -0.39 is 11.1 Å². The van der Waals surface area contributed by atoms with E-state index in [1.54, 1.807) is 20.9 Å². The molecule has 6 nitrogen and oxygen atoms in total. The number of carbonyl (C=O) groups is 2. The van der Waals surface area contributed by atoms with Crippen LogP contribution in [-0.2, 0) is 16.0 Å². The van der Waals surface area contributed by atoms with E-state index in [4.69, 9.17) is 0 Å². The molecular weight excluding hydrogens is 330 g/mol. The van der Waals surface area contributed by atoms with Crippen LogP contribution in [0.5, 0.6) is 0 Å². The lowest BCUT2D eigenvalue weighted by Gasteiger charge is -2.30. The molecule has 0 saturated carbocycles. The van der Waals surface area contributed by atoms with Gasteiger partial charge in [-0.25, -0.2) is 0 Å². The number of hydrogen-bond acceptors (Lipinski definition) is 5. The lowest BCUT2D eigenvalue weighted by molar-refractivity contribution is -0.127. The van der Waals surface area contributed by atoms with Crippen LogP contribution in [0.1, 0.15) is 32.8 Å². The number of aromatic nitrogens is 1. The van der Waals surface area contributed by atoms with E-state index in [2.05, 4.69) is 15.6 Å². The first-order chi connectivity index (χ1) is 12.3. The Hall–Kier alpha value is -2.02. The molecule has 0 aliphatic rings. The summed E-state index contributed by atoms with van der Waals surface area (Å²) in [5.41, 5.74) is 0.384. The van der Waals surface area contributed by atoms with Crippen LogP contribution >= 0.6 is 0 Å². The van der Waals surface area contributed by atoms with Gasteiger partial charge in [0.1, 0.15) is 5.78 Å². The van der Waals surface area contributed by atoms with Gasteiger partial charge in [-0.15, -0.1) is 0 Å². The summed E-state index contributed by atoms with van der Waals surface area (Å²) < 4.78 is 0. The Morgan fingerprint density at radius 1 is 1.19 bits per heavy atom. The minimum absolute atomic E-state index is 0.0220. The average Bonchev–Trinajstić information content (AvgIpc) is 3.03. The highest BCUT2D eigenvalue weighted by atomic mass is 16.3. The van der Waals surface area contributed by atoms with Gasteiger partial charge in [0.2, 0.25) is 0 Å². The number of nitrogens with one attached hydrogen (secondary N) is 3. The maximum atomic E-state index is 12.3. The Morgan fingerprint density at radius 3 is 2.50 bits per heavy atom. The topological polar surface area (TPSA) is 94.2 Å². The van der Waals surface area contributed by atoms with Crippen LogP contribution in [0.15, 0.2) is 30.5 Å². The second kappa shape index (κ2) is 8.12. The lowest BCUT2D eigenvalue weighted by atomic mass is 9.88. The van der Waals surface area contributed by atoms with E-state index in [0.717, 1.165) is 16.5 Å². The Balaban J connectivity index is 2.08. The standard InChI is InChI=1S/C20H29N3O3/c1-14(25)19(2,23-10-9-18(26)20(3,13-24)21-4)11-15-12-22-17-8-6-5-7-16(15)17/h5-8,12,21-24H,9-11,13H2,1-4H3. The van der Waals surface area contributed by atoms with Crippen molar-refractivity contribution >= 4 is 22.5 Å². The minimum Gasteiger partial charge on any atom is -0.394 e. The number of aliphatic hydroxyl groups is 1. The number of para-hydroxylation sites is 1. The molecular formula is C20H29N3O3. The summed E-state index contributed by atoms with van der Waals surface area (Å²) in [5, 5.41) is 16.6. The van der Waals surface area contributed by atoms with Gasteiger partial charge in [-0.1, -0.05) is 18.2 Å². The molecule has 0 radical (unpaired) electrons. The normalized spacial score (nSPS) is 16.2. The average molecular weight is 359 g/mol. The molecule has 0 amide bonds. The number of Topliss-reactive ketones (excluding diaryl/α,β-unsaturated/α-hetero) is 2. The molecule has 0 aliphatic heterocycles. The van der Waals surface area contributed by atoms with Crippen LogP contribution in [0.3, 0.4) is 0 Å². The SMILES string of the molecule is CNC(C)(CO)C(=O)CCNC(C)(Cc1c[nH]c2ccccc12)C(C)=O. The number of hydrogen-bond donors (Lipinski definition) is 4. The molecule has 1 aromatic heterocycles. The number of aromatic amines is 1. The van der Waals surface area contributed by atoms with Gasteiger partial charge in [-0.05, 0) is 45.9 Å². The molecule has 6 heteroatoms. The van der Waals surface area contributed by atoms with Gasteiger partial charge in [0.05, 0.1) is 17.7 Å². The zero-order chi connectivity index (χ0) is 19.4. The molecule has 2 unspecified atom stereocenters. The van der Waals surface area contributed by atoms with Crippen molar-refractivity contribution in [3.8, 4) is 0 Å². The van der Waals surface area contributed by atoms with Gasteiger partial charge in [-0.2, -0.15) is 0 Å². The van der Waals surface area contributed by atoms with Crippen molar-refractivity contribution in [2.24, 2.45) is 0 Å². The molecule has 0 spiro atoms. The van der Waals surface area contributed by atoms with Gasteiger partial charge < -0.3 is 20.7 Å². The van der Waals surface area contributed by atoms with E-state index in [9.17, 15) is 14.7 Å². The van der Waals surface area contributed by atoms with Crippen molar-refractivity contribution in [2.45, 2.75) is 44.7 Å². The Bertz CT molecular complexity index is 779. The first kappa shape index (κ1) is 20.3. The van der Waals surface area contributed by atoms with E-state index >= 15 is 0 Å². The number of carbonyl (C=O) groups excluding carboxylic acids is 2. The predicted octanol–water partition coefficient (Wildman–Crippen LogP) is 1.58. The fraction of sp³-hybridized carbons (Fsp3) is 0.500. The van der Waals surface area contributed by atoms with Crippen molar-refractivity contribution < 1.29 is 14.7 Å². The lowest BCUT2D eigenvalue weighted by Crippen LogP contribution is -2.54. The first-order valence-electron chi connectivity index (χ1n) is 8.90. The van der Waals surface area contributed by atoms with Gasteiger partial charge in [-0.3, -0.25) is 9.59 Å². The maximum absolute atomic E-state index is 12.3. The third kappa shape index (κ3) is 4.20. The number of benzene rings is 1. The largest absolute Gasteiger partial charge is 0.394 e. The third-order valence-corrected chi connectivity index (χ3v) is 5.35. The Labute approximate surface area is 154 Å². The maximum Gasteiger partial charge on any atom is 0.156 e. The summed E-state index contributed by atoms with van der Waals surface area (Å²) in [6, 6.07) is 7.98. The molecule has 2 rings (SSSR count). The van der Waals surface area contributed by atoms with Crippen LogP contribution in [0, 0.1) is 0 Å². The number of fused-ring (bicyclic) bond motifs is 1. The highest BCUT2D eigenvalue weighted by molar-refractivity contribution is 5.90. The number of H-pyrrole nitrogens is 1. The van der Waals surface area contributed by atoms with Crippen molar-refractivity contribution in [2.75, 3.05) is 20.2 Å². The van der Waals surface area contributed by atoms with Gasteiger partial charge in [0.25, 0.3) is 0 Å². The summed E-state index contributed by atoms with van der Waals surface area (Å²) in [6.07, 6.45) is 2.70. The van der Waals surface area contributed by atoms with Crippen molar-refractivity contribution in [1.82, 2.24) is 15.6 Å². The summed E-state index contributed by atoms with van der Waals surface area (Å²) in [7, 11) is 1.65. The van der Waals surface area contributed by atoms with Gasteiger partial charge >= 0.3 is 0 Å². The molecule has 0 saturated heterocycles. The molecule has 142 valence electrons. The highest BCUT2D eigenvalue weighted by Gasteiger charge is 2.33. The van der Waals surface area contributed by atoms with E-state index in [0.29, 0.717) is 13.0 Å². The molecule has 0 fully saturated rings.